The van der Waals surface area contributed by atoms with Crippen molar-refractivity contribution in [1.82, 2.24) is 14.9 Å². The van der Waals surface area contributed by atoms with Crippen LogP contribution in [0.4, 0.5) is 0 Å². The minimum absolute atomic E-state index is 0.553. The van der Waals surface area contributed by atoms with Gasteiger partial charge in [-0.1, -0.05) is 6.92 Å². The Morgan fingerprint density at radius 3 is 2.90 bits per heavy atom. The number of imidazole rings is 1. The molecule has 0 aliphatic carbocycles. The van der Waals surface area contributed by atoms with Crippen LogP contribution in [-0.4, -0.2) is 29.8 Å². The lowest BCUT2D eigenvalue weighted by Crippen LogP contribution is -2.12. The Balaban J connectivity index is 2.03. The summed E-state index contributed by atoms with van der Waals surface area (Å²) in [6.45, 7) is 5.12. The van der Waals surface area contributed by atoms with Gasteiger partial charge in [0, 0.05) is 18.9 Å². The van der Waals surface area contributed by atoms with Crippen molar-refractivity contribution in [1.29, 1.82) is 0 Å². The summed E-state index contributed by atoms with van der Waals surface area (Å²) in [6.07, 6.45) is 5.44. The van der Waals surface area contributed by atoms with E-state index in [-0.39, 0.29) is 0 Å². The summed E-state index contributed by atoms with van der Waals surface area (Å²) in [5, 5.41) is 3.30. The highest BCUT2D eigenvalue weighted by Crippen LogP contribution is 2.36. The molecule has 0 bridgehead atoms. The normalized spacial score (nSPS) is 10.6. The number of aromatic nitrogens is 2. The highest BCUT2D eigenvalue weighted by Gasteiger charge is 2.11. The number of hydrogen-bond donors (Lipinski definition) is 1. The molecule has 0 saturated heterocycles. The van der Waals surface area contributed by atoms with Crippen LogP contribution in [0.25, 0.3) is 0 Å². The van der Waals surface area contributed by atoms with E-state index in [0.717, 1.165) is 41.2 Å². The first-order chi connectivity index (χ1) is 10.2. The minimum Gasteiger partial charge on any atom is -0.493 e. The number of benzene rings is 1. The number of halogens is 1. The lowest BCUT2D eigenvalue weighted by atomic mass is 10.2. The van der Waals surface area contributed by atoms with E-state index < -0.39 is 0 Å². The molecule has 0 amide bonds. The molecule has 21 heavy (non-hydrogen) atoms. The lowest BCUT2D eigenvalue weighted by Gasteiger charge is -2.14. The molecule has 0 unspecified atom stereocenters. The number of rotatable bonds is 8. The second-order valence-corrected chi connectivity index (χ2v) is 5.39. The lowest BCUT2D eigenvalue weighted by molar-refractivity contribution is 0.277. The second-order valence-electron chi connectivity index (χ2n) is 4.54. The molecule has 6 heteroatoms. The molecule has 0 aliphatic heterocycles. The Labute approximate surface area is 133 Å². The Bertz CT molecular complexity index is 558. The zero-order chi connectivity index (χ0) is 15.1. The van der Waals surface area contributed by atoms with Gasteiger partial charge in [-0.05, 0) is 40.2 Å². The molecule has 0 radical (unpaired) electrons. The summed E-state index contributed by atoms with van der Waals surface area (Å²) in [5.41, 5.74) is 1.16. The minimum atomic E-state index is 0.553. The molecular formula is C15H20BrN3O2. The topological polar surface area (TPSA) is 48.3 Å². The van der Waals surface area contributed by atoms with E-state index in [0.29, 0.717) is 6.61 Å². The Kier molecular flexibility index (Phi) is 6.07. The van der Waals surface area contributed by atoms with E-state index in [1.165, 1.54) is 0 Å². The summed E-state index contributed by atoms with van der Waals surface area (Å²) in [5.74, 6) is 1.47. The van der Waals surface area contributed by atoms with Crippen molar-refractivity contribution in [3.63, 3.8) is 0 Å². The predicted molar refractivity (Wildman–Crippen MR) is 85.8 cm³/mol. The molecule has 0 fully saturated rings. The van der Waals surface area contributed by atoms with Gasteiger partial charge in [-0.3, -0.25) is 0 Å². The number of ether oxygens (including phenoxy) is 2. The molecule has 5 nitrogen and oxygen atoms in total. The second kappa shape index (κ2) is 8.05. The maximum Gasteiger partial charge on any atom is 0.175 e. The van der Waals surface area contributed by atoms with Crippen LogP contribution in [0.15, 0.2) is 35.3 Å². The summed E-state index contributed by atoms with van der Waals surface area (Å²) in [4.78, 5) is 4.01. The van der Waals surface area contributed by atoms with Crippen LogP contribution in [0.1, 0.15) is 12.5 Å². The summed E-state index contributed by atoms with van der Waals surface area (Å²) in [7, 11) is 1.65. The highest BCUT2D eigenvalue weighted by atomic mass is 79.9. The van der Waals surface area contributed by atoms with Crippen LogP contribution in [0, 0.1) is 0 Å². The van der Waals surface area contributed by atoms with Crippen molar-refractivity contribution in [2.24, 2.45) is 0 Å². The molecule has 2 rings (SSSR count). The Morgan fingerprint density at radius 2 is 2.24 bits per heavy atom. The molecular weight excluding hydrogens is 334 g/mol. The maximum absolute atomic E-state index is 5.85. The zero-order valence-corrected chi connectivity index (χ0v) is 13.9. The number of nitrogens with zero attached hydrogens (tertiary/aromatic N) is 2. The van der Waals surface area contributed by atoms with Gasteiger partial charge in [-0.25, -0.2) is 4.98 Å². The summed E-state index contributed by atoms with van der Waals surface area (Å²) < 4.78 is 14.2. The number of hydrogen-bond acceptors (Lipinski definition) is 4. The molecule has 0 saturated carbocycles. The first-order valence-corrected chi connectivity index (χ1v) is 7.69. The van der Waals surface area contributed by atoms with Gasteiger partial charge in [0.05, 0.1) is 24.5 Å². The van der Waals surface area contributed by atoms with Crippen molar-refractivity contribution in [2.45, 2.75) is 20.0 Å². The first-order valence-electron chi connectivity index (χ1n) is 6.90. The van der Waals surface area contributed by atoms with Gasteiger partial charge in [-0.15, -0.1) is 0 Å². The van der Waals surface area contributed by atoms with Gasteiger partial charge in [0.1, 0.15) is 6.61 Å². The molecule has 2 aromatic rings. The summed E-state index contributed by atoms with van der Waals surface area (Å²) >= 11 is 3.56. The summed E-state index contributed by atoms with van der Waals surface area (Å²) in [6, 6.07) is 4.05. The van der Waals surface area contributed by atoms with Gasteiger partial charge < -0.3 is 19.4 Å². The SMILES string of the molecule is CCNCc1cc(Br)c(OCCn2ccnc2)c(OC)c1. The van der Waals surface area contributed by atoms with Crippen LogP contribution in [0.2, 0.25) is 0 Å². The Morgan fingerprint density at radius 1 is 1.38 bits per heavy atom. The van der Waals surface area contributed by atoms with Crippen LogP contribution in [0.3, 0.4) is 0 Å². The van der Waals surface area contributed by atoms with Crippen molar-refractivity contribution in [3.8, 4) is 11.5 Å². The first kappa shape index (κ1) is 15.9. The third-order valence-electron chi connectivity index (χ3n) is 3.02. The quantitative estimate of drug-likeness (QED) is 0.792. The smallest absolute Gasteiger partial charge is 0.175 e. The van der Waals surface area contributed by atoms with Crippen molar-refractivity contribution >= 4 is 15.9 Å². The van der Waals surface area contributed by atoms with Gasteiger partial charge >= 0.3 is 0 Å². The van der Waals surface area contributed by atoms with Crippen LogP contribution < -0.4 is 14.8 Å². The zero-order valence-electron chi connectivity index (χ0n) is 12.3. The van der Waals surface area contributed by atoms with E-state index in [2.05, 4.69) is 39.2 Å². The highest BCUT2D eigenvalue weighted by molar-refractivity contribution is 9.10. The molecule has 1 heterocycles. The largest absolute Gasteiger partial charge is 0.493 e. The van der Waals surface area contributed by atoms with E-state index >= 15 is 0 Å². The van der Waals surface area contributed by atoms with Gasteiger partial charge in [0.15, 0.2) is 11.5 Å². The third-order valence-corrected chi connectivity index (χ3v) is 3.61. The maximum atomic E-state index is 5.85. The molecule has 0 spiro atoms. The van der Waals surface area contributed by atoms with Gasteiger partial charge in [0.2, 0.25) is 0 Å². The van der Waals surface area contributed by atoms with Crippen LogP contribution >= 0.6 is 15.9 Å². The number of nitrogens with one attached hydrogen (secondary N) is 1. The average molecular weight is 354 g/mol. The van der Waals surface area contributed by atoms with E-state index in [1.54, 1.807) is 19.6 Å². The van der Waals surface area contributed by atoms with Crippen molar-refractivity contribution < 1.29 is 9.47 Å². The molecule has 114 valence electrons. The molecule has 0 aliphatic rings. The van der Waals surface area contributed by atoms with Crippen LogP contribution in [-0.2, 0) is 13.1 Å². The fourth-order valence-electron chi connectivity index (χ4n) is 1.96. The van der Waals surface area contributed by atoms with E-state index in [9.17, 15) is 0 Å². The van der Waals surface area contributed by atoms with E-state index in [4.69, 9.17) is 9.47 Å². The van der Waals surface area contributed by atoms with Gasteiger partial charge in [-0.2, -0.15) is 0 Å². The predicted octanol–water partition coefficient (Wildman–Crippen LogP) is 2.84. The standard InChI is InChI=1S/C15H20BrN3O2/c1-3-17-10-12-8-13(16)15(14(9-12)20-2)21-7-6-19-5-4-18-11-19/h4-5,8-9,11,17H,3,6-7,10H2,1-2H3. The van der Waals surface area contributed by atoms with Crippen molar-refractivity contribution in [3.05, 3.63) is 40.9 Å². The average Bonchev–Trinajstić information content (AvgIpc) is 3.00. The third kappa shape index (κ3) is 4.47. The number of methoxy groups -OCH3 is 1. The van der Waals surface area contributed by atoms with Gasteiger partial charge in [0.25, 0.3) is 0 Å². The van der Waals surface area contributed by atoms with Crippen molar-refractivity contribution in [2.75, 3.05) is 20.3 Å². The molecule has 0 atom stereocenters. The molecule has 1 aromatic carbocycles. The monoisotopic (exact) mass is 353 g/mol. The van der Waals surface area contributed by atoms with Crippen LogP contribution in [0.5, 0.6) is 11.5 Å². The molecule has 1 aromatic heterocycles. The molecule has 1 N–H and O–H groups in total. The van der Waals surface area contributed by atoms with E-state index in [1.807, 2.05) is 16.8 Å². The fraction of sp³-hybridized carbons (Fsp3) is 0.400. The Hall–Kier alpha value is -1.53. The fourth-order valence-corrected chi connectivity index (χ4v) is 2.56.